The molecule has 2 aliphatic heterocycles. The van der Waals surface area contributed by atoms with E-state index in [4.69, 9.17) is 16.3 Å². The van der Waals surface area contributed by atoms with Crippen molar-refractivity contribution in [1.82, 2.24) is 5.32 Å². The maximum Gasteiger partial charge on any atom is 0.253 e. The number of rotatable bonds is 4. The minimum Gasteiger partial charge on any atom is -0.370 e. The van der Waals surface area contributed by atoms with Gasteiger partial charge in [-0.1, -0.05) is 48.7 Å². The smallest absolute Gasteiger partial charge is 0.253 e. The molecule has 1 saturated carbocycles. The van der Waals surface area contributed by atoms with Crippen LogP contribution in [0.15, 0.2) is 54.6 Å². The normalized spacial score (nSPS) is 25.0. The molecule has 2 heterocycles. The Labute approximate surface area is 199 Å². The fourth-order valence-corrected chi connectivity index (χ4v) is 5.40. The second kappa shape index (κ2) is 9.57. The zero-order chi connectivity index (χ0) is 22.8. The van der Waals surface area contributed by atoms with Gasteiger partial charge in [0.1, 0.15) is 12.1 Å². The van der Waals surface area contributed by atoms with E-state index in [9.17, 15) is 9.59 Å². The molecule has 172 valence electrons. The molecule has 5 rings (SSSR count). The quantitative estimate of drug-likeness (QED) is 0.543. The lowest BCUT2D eigenvalue weighted by molar-refractivity contribution is -0.125. The van der Waals surface area contributed by atoms with E-state index in [1.54, 1.807) is 17.0 Å². The zero-order valence-electron chi connectivity index (χ0n) is 18.5. The van der Waals surface area contributed by atoms with E-state index < -0.39 is 0 Å². The van der Waals surface area contributed by atoms with Crippen LogP contribution in [0.3, 0.4) is 0 Å². The number of halogens is 1. The first-order valence-corrected chi connectivity index (χ1v) is 12.0. The molecule has 7 heteroatoms. The lowest BCUT2D eigenvalue weighted by Gasteiger charge is -2.45. The predicted molar refractivity (Wildman–Crippen MR) is 131 cm³/mol. The molecule has 1 N–H and O–H groups in total. The van der Waals surface area contributed by atoms with Crippen LogP contribution in [-0.4, -0.2) is 49.2 Å². The number of nitrogens with one attached hydrogen (secondary N) is 1. The molecular formula is C26H28ClN3O3. The van der Waals surface area contributed by atoms with Crippen LogP contribution in [0.1, 0.15) is 41.6 Å². The zero-order valence-corrected chi connectivity index (χ0v) is 19.2. The first-order valence-electron chi connectivity index (χ1n) is 11.6. The molecule has 1 saturated heterocycles. The van der Waals surface area contributed by atoms with Gasteiger partial charge in [-0.05, 0) is 54.8 Å². The van der Waals surface area contributed by atoms with Gasteiger partial charge in [-0.25, -0.2) is 0 Å². The third-order valence-corrected chi connectivity index (χ3v) is 7.10. The Balaban J connectivity index is 1.32. The first kappa shape index (κ1) is 22.0. The van der Waals surface area contributed by atoms with Crippen molar-refractivity contribution in [2.45, 2.75) is 43.3 Å². The molecular weight excluding hydrogens is 438 g/mol. The van der Waals surface area contributed by atoms with E-state index in [0.717, 1.165) is 42.6 Å². The number of benzene rings is 2. The number of nitrogens with zero attached hydrogens (tertiary/aromatic N) is 2. The number of hydrogen-bond donors (Lipinski definition) is 1. The van der Waals surface area contributed by atoms with E-state index in [0.29, 0.717) is 18.7 Å². The van der Waals surface area contributed by atoms with Crippen molar-refractivity contribution in [1.29, 1.82) is 0 Å². The van der Waals surface area contributed by atoms with Crippen LogP contribution < -0.4 is 15.1 Å². The highest BCUT2D eigenvalue weighted by molar-refractivity contribution is 6.24. The van der Waals surface area contributed by atoms with E-state index in [2.05, 4.69) is 28.4 Å². The van der Waals surface area contributed by atoms with Gasteiger partial charge < -0.3 is 19.9 Å². The summed E-state index contributed by atoms with van der Waals surface area (Å²) in [6, 6.07) is 15.6. The van der Waals surface area contributed by atoms with Gasteiger partial charge in [-0.3, -0.25) is 9.59 Å². The minimum absolute atomic E-state index is 0.00699. The van der Waals surface area contributed by atoms with Gasteiger partial charge in [0.05, 0.1) is 12.6 Å². The number of amides is 2. The average molecular weight is 466 g/mol. The summed E-state index contributed by atoms with van der Waals surface area (Å²) in [4.78, 5) is 29.2. The van der Waals surface area contributed by atoms with Crippen LogP contribution in [0.4, 0.5) is 11.4 Å². The molecule has 0 bridgehead atoms. The summed E-state index contributed by atoms with van der Waals surface area (Å²) in [5.41, 5.74) is 3.40. The molecule has 2 aromatic carbocycles. The highest BCUT2D eigenvalue weighted by Gasteiger charge is 2.36. The monoisotopic (exact) mass is 465 g/mol. The number of ether oxygens (including phenoxy) is 1. The number of carbonyl (C=O) groups excluding carboxylic acids is 2. The molecule has 2 fully saturated rings. The SMILES string of the molecule is O=C(NC1CCCCC1N1c2ccccc2C=CC1Cl)c1ccc(N2CCOCC2=O)cc1. The average Bonchev–Trinajstić information content (AvgIpc) is 2.85. The molecule has 6 nitrogen and oxygen atoms in total. The number of alkyl halides is 1. The van der Waals surface area contributed by atoms with Crippen molar-refractivity contribution in [3.8, 4) is 0 Å². The van der Waals surface area contributed by atoms with Crippen molar-refractivity contribution >= 4 is 40.9 Å². The molecule has 2 amide bonds. The number of anilines is 2. The van der Waals surface area contributed by atoms with E-state index in [1.807, 2.05) is 30.3 Å². The molecule has 3 unspecified atom stereocenters. The molecule has 0 aromatic heterocycles. The van der Waals surface area contributed by atoms with Crippen LogP contribution in [0.2, 0.25) is 0 Å². The molecule has 3 atom stereocenters. The molecule has 0 spiro atoms. The van der Waals surface area contributed by atoms with Gasteiger partial charge in [0.15, 0.2) is 0 Å². The van der Waals surface area contributed by atoms with Crippen LogP contribution >= 0.6 is 11.6 Å². The summed E-state index contributed by atoms with van der Waals surface area (Å²) in [5, 5.41) is 3.28. The van der Waals surface area contributed by atoms with E-state index in [1.165, 1.54) is 0 Å². The summed E-state index contributed by atoms with van der Waals surface area (Å²) in [6.45, 7) is 1.15. The second-order valence-corrected chi connectivity index (χ2v) is 9.22. The largest absolute Gasteiger partial charge is 0.370 e. The third kappa shape index (κ3) is 4.50. The van der Waals surface area contributed by atoms with Crippen molar-refractivity contribution in [2.24, 2.45) is 0 Å². The summed E-state index contributed by atoms with van der Waals surface area (Å²) in [5.74, 6) is -0.159. The fraction of sp³-hybridized carbons (Fsp3) is 0.385. The Morgan fingerprint density at radius 3 is 2.67 bits per heavy atom. The van der Waals surface area contributed by atoms with Crippen molar-refractivity contribution < 1.29 is 14.3 Å². The Hall–Kier alpha value is -2.83. The standard InChI is InChI=1S/C26H28ClN3O3/c27-24-14-11-18-5-1-3-7-22(18)30(24)23-8-4-2-6-21(23)28-26(32)19-9-12-20(13-10-19)29-15-16-33-17-25(29)31/h1,3,5,7,9-14,21,23-24H,2,4,6,8,15-17H2,(H,28,32). The summed E-state index contributed by atoms with van der Waals surface area (Å²) < 4.78 is 5.20. The van der Waals surface area contributed by atoms with E-state index in [-0.39, 0.29) is 36.0 Å². The van der Waals surface area contributed by atoms with Gasteiger partial charge in [0.25, 0.3) is 11.8 Å². The molecule has 1 aliphatic carbocycles. The second-order valence-electron chi connectivity index (χ2n) is 8.77. The molecule has 2 aromatic rings. The third-order valence-electron chi connectivity index (χ3n) is 6.75. The van der Waals surface area contributed by atoms with Crippen molar-refractivity contribution in [2.75, 3.05) is 29.6 Å². The van der Waals surface area contributed by atoms with Crippen LogP contribution in [0, 0.1) is 0 Å². The van der Waals surface area contributed by atoms with Gasteiger partial charge >= 0.3 is 0 Å². The highest BCUT2D eigenvalue weighted by Crippen LogP contribution is 2.36. The number of morpholine rings is 1. The Morgan fingerprint density at radius 1 is 1.06 bits per heavy atom. The lowest BCUT2D eigenvalue weighted by atomic mass is 9.87. The molecule has 33 heavy (non-hydrogen) atoms. The Kier molecular flexibility index (Phi) is 6.38. The van der Waals surface area contributed by atoms with Crippen LogP contribution in [-0.2, 0) is 9.53 Å². The van der Waals surface area contributed by atoms with Gasteiger partial charge in [-0.2, -0.15) is 0 Å². The van der Waals surface area contributed by atoms with Gasteiger partial charge in [-0.15, -0.1) is 0 Å². The van der Waals surface area contributed by atoms with E-state index >= 15 is 0 Å². The number of carbonyl (C=O) groups is 2. The predicted octanol–water partition coefficient (Wildman–Crippen LogP) is 4.19. The molecule has 0 radical (unpaired) electrons. The number of para-hydroxylation sites is 1. The Bertz CT molecular complexity index is 1060. The summed E-state index contributed by atoms with van der Waals surface area (Å²) in [6.07, 6.45) is 8.18. The van der Waals surface area contributed by atoms with Crippen molar-refractivity contribution in [3.63, 3.8) is 0 Å². The topological polar surface area (TPSA) is 61.9 Å². The fourth-order valence-electron chi connectivity index (χ4n) is 5.08. The minimum atomic E-state index is -0.243. The number of fused-ring (bicyclic) bond motifs is 1. The van der Waals surface area contributed by atoms with Gasteiger partial charge in [0, 0.05) is 29.5 Å². The first-order chi connectivity index (χ1) is 16.1. The van der Waals surface area contributed by atoms with Crippen LogP contribution in [0.25, 0.3) is 6.08 Å². The van der Waals surface area contributed by atoms with Crippen LogP contribution in [0.5, 0.6) is 0 Å². The summed E-state index contributed by atoms with van der Waals surface area (Å²) >= 11 is 6.75. The number of hydrogen-bond acceptors (Lipinski definition) is 4. The molecule has 3 aliphatic rings. The lowest BCUT2D eigenvalue weighted by Crippen LogP contribution is -2.55. The Morgan fingerprint density at radius 2 is 1.85 bits per heavy atom. The summed E-state index contributed by atoms with van der Waals surface area (Å²) in [7, 11) is 0. The maximum absolute atomic E-state index is 13.1. The highest BCUT2D eigenvalue weighted by atomic mass is 35.5. The van der Waals surface area contributed by atoms with Gasteiger partial charge in [0.2, 0.25) is 0 Å². The maximum atomic E-state index is 13.1. The van der Waals surface area contributed by atoms with Crippen molar-refractivity contribution in [3.05, 3.63) is 65.7 Å².